The van der Waals surface area contributed by atoms with E-state index in [4.69, 9.17) is 4.74 Å². The van der Waals surface area contributed by atoms with Crippen LogP contribution in [-0.2, 0) is 0 Å². The van der Waals surface area contributed by atoms with Crippen LogP contribution in [0.25, 0.3) is 0 Å². The van der Waals surface area contributed by atoms with Crippen molar-refractivity contribution < 1.29 is 4.74 Å². The lowest BCUT2D eigenvalue weighted by molar-refractivity contribution is 0.447. The van der Waals surface area contributed by atoms with Crippen LogP contribution in [0, 0.1) is 34.6 Å². The van der Waals surface area contributed by atoms with Crippen molar-refractivity contribution in [2.24, 2.45) is 0 Å². The Bertz CT molecular complexity index is 714. The molecular formula is C22H32N2O. The van der Waals surface area contributed by atoms with Gasteiger partial charge in [-0.2, -0.15) is 0 Å². The van der Waals surface area contributed by atoms with Crippen molar-refractivity contribution >= 4 is 0 Å². The molecule has 1 aromatic carbocycles. The SMILES string of the molecule is CCCCNC(C)c1cc(C)nc(Oc2c(C)cc(C)cc2C)c1C. The highest BCUT2D eigenvalue weighted by Gasteiger charge is 2.16. The van der Waals surface area contributed by atoms with Crippen LogP contribution in [-0.4, -0.2) is 11.5 Å². The zero-order chi connectivity index (χ0) is 18.6. The average Bonchev–Trinajstić information content (AvgIpc) is 2.53. The fourth-order valence-corrected chi connectivity index (χ4v) is 3.31. The Balaban J connectivity index is 2.33. The fourth-order valence-electron chi connectivity index (χ4n) is 3.31. The van der Waals surface area contributed by atoms with Crippen LogP contribution in [0.2, 0.25) is 0 Å². The van der Waals surface area contributed by atoms with Gasteiger partial charge < -0.3 is 10.1 Å². The van der Waals surface area contributed by atoms with E-state index in [1.165, 1.54) is 24.0 Å². The van der Waals surface area contributed by atoms with Gasteiger partial charge in [-0.05, 0) is 77.3 Å². The van der Waals surface area contributed by atoms with Gasteiger partial charge >= 0.3 is 0 Å². The van der Waals surface area contributed by atoms with E-state index < -0.39 is 0 Å². The van der Waals surface area contributed by atoms with Gasteiger partial charge in [0.25, 0.3) is 0 Å². The first-order valence-electron chi connectivity index (χ1n) is 9.30. The van der Waals surface area contributed by atoms with E-state index in [-0.39, 0.29) is 6.04 Å². The van der Waals surface area contributed by atoms with Gasteiger partial charge in [-0.15, -0.1) is 0 Å². The molecule has 0 saturated heterocycles. The lowest BCUT2D eigenvalue weighted by Crippen LogP contribution is -2.21. The molecule has 2 rings (SSSR count). The van der Waals surface area contributed by atoms with Gasteiger partial charge in [-0.25, -0.2) is 4.98 Å². The number of aryl methyl sites for hydroxylation is 4. The van der Waals surface area contributed by atoms with Crippen molar-refractivity contribution in [2.45, 2.75) is 67.3 Å². The van der Waals surface area contributed by atoms with E-state index in [1.54, 1.807) is 0 Å². The second-order valence-electron chi connectivity index (χ2n) is 7.14. The van der Waals surface area contributed by atoms with Crippen molar-refractivity contribution in [2.75, 3.05) is 6.54 Å². The summed E-state index contributed by atoms with van der Waals surface area (Å²) in [5, 5.41) is 3.61. The fraction of sp³-hybridized carbons (Fsp3) is 0.500. The molecule has 136 valence electrons. The molecule has 0 amide bonds. The first-order chi connectivity index (χ1) is 11.8. The standard InChI is InChI=1S/C22H32N2O/c1-8-9-10-23-19(7)20-13-17(5)24-22(18(20)6)25-21-15(3)11-14(2)12-16(21)4/h11-13,19,23H,8-10H2,1-7H3. The molecule has 0 aliphatic carbocycles. The van der Waals surface area contributed by atoms with Gasteiger partial charge in [0.05, 0.1) is 0 Å². The van der Waals surface area contributed by atoms with Crippen LogP contribution in [0.15, 0.2) is 18.2 Å². The highest BCUT2D eigenvalue weighted by atomic mass is 16.5. The molecular weight excluding hydrogens is 308 g/mol. The van der Waals surface area contributed by atoms with Crippen molar-refractivity contribution in [3.8, 4) is 11.6 Å². The van der Waals surface area contributed by atoms with Gasteiger partial charge in [-0.1, -0.05) is 31.0 Å². The van der Waals surface area contributed by atoms with Crippen molar-refractivity contribution in [3.05, 3.63) is 51.7 Å². The van der Waals surface area contributed by atoms with Crippen LogP contribution in [0.1, 0.15) is 66.2 Å². The van der Waals surface area contributed by atoms with E-state index in [1.807, 2.05) is 6.92 Å². The Morgan fingerprint density at radius 1 is 1.04 bits per heavy atom. The maximum absolute atomic E-state index is 6.28. The summed E-state index contributed by atoms with van der Waals surface area (Å²) < 4.78 is 6.28. The lowest BCUT2D eigenvalue weighted by Gasteiger charge is -2.20. The third-order valence-corrected chi connectivity index (χ3v) is 4.65. The summed E-state index contributed by atoms with van der Waals surface area (Å²) in [6, 6.07) is 6.77. The summed E-state index contributed by atoms with van der Waals surface area (Å²) in [5.41, 5.74) is 6.92. The smallest absolute Gasteiger partial charge is 0.222 e. The minimum absolute atomic E-state index is 0.288. The van der Waals surface area contributed by atoms with Gasteiger partial charge in [0.1, 0.15) is 5.75 Å². The van der Waals surface area contributed by atoms with Crippen LogP contribution in [0.3, 0.4) is 0 Å². The normalized spacial score (nSPS) is 12.3. The van der Waals surface area contributed by atoms with Crippen molar-refractivity contribution in [1.29, 1.82) is 0 Å². The summed E-state index contributed by atoms with van der Waals surface area (Å²) in [6.45, 7) is 15.9. The maximum Gasteiger partial charge on any atom is 0.222 e. The third-order valence-electron chi connectivity index (χ3n) is 4.65. The third kappa shape index (κ3) is 4.82. The Kier molecular flexibility index (Phi) is 6.60. The maximum atomic E-state index is 6.28. The lowest BCUT2D eigenvalue weighted by atomic mass is 10.0. The molecule has 0 fully saturated rings. The van der Waals surface area contributed by atoms with Gasteiger partial charge in [0, 0.05) is 17.3 Å². The molecule has 1 atom stereocenters. The molecule has 2 aromatic rings. The van der Waals surface area contributed by atoms with Crippen LogP contribution < -0.4 is 10.1 Å². The molecule has 1 aromatic heterocycles. The summed E-state index contributed by atoms with van der Waals surface area (Å²) in [5.74, 6) is 1.64. The Labute approximate surface area is 152 Å². The predicted molar refractivity (Wildman–Crippen MR) is 106 cm³/mol. The molecule has 0 spiro atoms. The Morgan fingerprint density at radius 2 is 1.68 bits per heavy atom. The highest BCUT2D eigenvalue weighted by Crippen LogP contribution is 2.33. The summed E-state index contributed by atoms with van der Waals surface area (Å²) in [6.07, 6.45) is 2.40. The molecule has 1 heterocycles. The molecule has 0 saturated carbocycles. The van der Waals surface area contributed by atoms with E-state index in [9.17, 15) is 0 Å². The van der Waals surface area contributed by atoms with Crippen LogP contribution >= 0.6 is 0 Å². The number of nitrogens with zero attached hydrogens (tertiary/aromatic N) is 1. The number of unbranched alkanes of at least 4 members (excludes halogenated alkanes) is 1. The largest absolute Gasteiger partial charge is 0.438 e. The molecule has 3 nitrogen and oxygen atoms in total. The Hall–Kier alpha value is -1.87. The molecule has 0 aliphatic heterocycles. The second-order valence-corrected chi connectivity index (χ2v) is 7.14. The zero-order valence-electron chi connectivity index (χ0n) is 16.8. The van der Waals surface area contributed by atoms with Gasteiger partial charge in [0.2, 0.25) is 5.88 Å². The molecule has 1 unspecified atom stereocenters. The van der Waals surface area contributed by atoms with Gasteiger partial charge in [-0.3, -0.25) is 0 Å². The van der Waals surface area contributed by atoms with Crippen molar-refractivity contribution in [3.63, 3.8) is 0 Å². The quantitative estimate of drug-likeness (QED) is 0.640. The summed E-state index contributed by atoms with van der Waals surface area (Å²) >= 11 is 0. The first kappa shape index (κ1) is 19.5. The second kappa shape index (κ2) is 8.48. The number of hydrogen-bond donors (Lipinski definition) is 1. The molecule has 0 radical (unpaired) electrons. The molecule has 0 aliphatic rings. The monoisotopic (exact) mass is 340 g/mol. The van der Waals surface area contributed by atoms with E-state index in [0.717, 1.165) is 34.7 Å². The van der Waals surface area contributed by atoms with Crippen LogP contribution in [0.5, 0.6) is 11.6 Å². The van der Waals surface area contributed by atoms with E-state index in [2.05, 4.69) is 70.0 Å². The van der Waals surface area contributed by atoms with E-state index in [0.29, 0.717) is 5.88 Å². The Morgan fingerprint density at radius 3 is 2.28 bits per heavy atom. The minimum atomic E-state index is 0.288. The number of pyridine rings is 1. The number of rotatable bonds is 7. The van der Waals surface area contributed by atoms with Gasteiger partial charge in [0.15, 0.2) is 0 Å². The zero-order valence-corrected chi connectivity index (χ0v) is 16.8. The van der Waals surface area contributed by atoms with E-state index >= 15 is 0 Å². The van der Waals surface area contributed by atoms with Crippen molar-refractivity contribution in [1.82, 2.24) is 10.3 Å². The topological polar surface area (TPSA) is 34.2 Å². The van der Waals surface area contributed by atoms with Crippen LogP contribution in [0.4, 0.5) is 0 Å². The molecule has 25 heavy (non-hydrogen) atoms. The first-order valence-corrected chi connectivity index (χ1v) is 9.30. The molecule has 3 heteroatoms. The molecule has 1 N–H and O–H groups in total. The summed E-state index contributed by atoms with van der Waals surface area (Å²) in [4.78, 5) is 4.66. The number of hydrogen-bond acceptors (Lipinski definition) is 3. The number of ether oxygens (including phenoxy) is 1. The average molecular weight is 341 g/mol. The predicted octanol–water partition coefficient (Wildman–Crippen LogP) is 5.87. The number of nitrogens with one attached hydrogen (secondary N) is 1. The highest BCUT2D eigenvalue weighted by molar-refractivity contribution is 5.47. The number of benzene rings is 1. The number of aromatic nitrogens is 1. The summed E-state index contributed by atoms with van der Waals surface area (Å²) in [7, 11) is 0. The minimum Gasteiger partial charge on any atom is -0.438 e. The molecule has 0 bridgehead atoms.